The molecule has 112 valence electrons. The molecule has 1 atom stereocenters. The molecular weight excluding hydrogens is 238 g/mol. The monoisotopic (exact) mass is 269 g/mol. The van der Waals surface area contributed by atoms with Gasteiger partial charge in [-0.1, -0.05) is 20.3 Å². The first-order chi connectivity index (χ1) is 8.71. The minimum absolute atomic E-state index is 0.253. The van der Waals surface area contributed by atoms with Crippen LogP contribution in [0.15, 0.2) is 0 Å². The fourth-order valence-corrected chi connectivity index (χ4v) is 2.88. The Kier molecular flexibility index (Phi) is 5.39. The van der Waals surface area contributed by atoms with Crippen molar-refractivity contribution in [1.29, 1.82) is 0 Å². The minimum atomic E-state index is -0.631. The Hall–Kier alpha value is -0.610. The maximum absolute atomic E-state index is 11.7. The van der Waals surface area contributed by atoms with E-state index in [9.17, 15) is 4.79 Å². The number of carbonyl (C=O) groups excluding carboxylic acids is 1. The van der Waals surface area contributed by atoms with E-state index in [-0.39, 0.29) is 11.9 Å². The van der Waals surface area contributed by atoms with Crippen molar-refractivity contribution in [2.24, 2.45) is 11.1 Å². The van der Waals surface area contributed by atoms with Crippen molar-refractivity contribution in [3.05, 3.63) is 0 Å². The van der Waals surface area contributed by atoms with E-state index < -0.39 is 5.54 Å². The Morgan fingerprint density at radius 1 is 1.42 bits per heavy atom. The summed E-state index contributed by atoms with van der Waals surface area (Å²) in [6.07, 6.45) is 3.65. The summed E-state index contributed by atoms with van der Waals surface area (Å²) in [6.45, 7) is 13.5. The molecule has 0 radical (unpaired) electrons. The normalized spacial score (nSPS) is 23.3. The molecular formula is C15H31N3O. The summed E-state index contributed by atoms with van der Waals surface area (Å²) < 4.78 is 0. The third-order valence-electron chi connectivity index (χ3n) is 4.61. The summed E-state index contributed by atoms with van der Waals surface area (Å²) in [6, 6.07) is 0.253. The second-order valence-electron chi connectivity index (χ2n) is 6.94. The highest BCUT2D eigenvalue weighted by Gasteiger charge is 2.36. The van der Waals surface area contributed by atoms with Crippen LogP contribution in [0.4, 0.5) is 0 Å². The SMILES string of the molecule is CCC1(C)CCN(CC(C)(NC(C)C)C(N)=O)CC1. The summed E-state index contributed by atoms with van der Waals surface area (Å²) in [7, 11) is 0. The van der Waals surface area contributed by atoms with Gasteiger partial charge in [-0.25, -0.2) is 0 Å². The number of nitrogens with one attached hydrogen (secondary N) is 1. The maximum atomic E-state index is 11.7. The molecule has 1 aliphatic heterocycles. The lowest BCUT2D eigenvalue weighted by molar-refractivity contribution is -0.125. The van der Waals surface area contributed by atoms with Crippen LogP contribution in [0.1, 0.15) is 53.9 Å². The lowest BCUT2D eigenvalue weighted by Gasteiger charge is -2.42. The standard InChI is InChI=1S/C15H31N3O/c1-6-14(4)7-9-18(10-8-14)11-15(5,13(16)19)17-12(2)3/h12,17H,6-11H2,1-5H3,(H2,16,19). The zero-order valence-corrected chi connectivity index (χ0v) is 13.3. The van der Waals surface area contributed by atoms with Gasteiger partial charge in [0.2, 0.25) is 5.91 Å². The summed E-state index contributed by atoms with van der Waals surface area (Å²) in [5.74, 6) is -0.259. The summed E-state index contributed by atoms with van der Waals surface area (Å²) in [5, 5.41) is 3.32. The van der Waals surface area contributed by atoms with Crippen molar-refractivity contribution in [2.75, 3.05) is 19.6 Å². The van der Waals surface area contributed by atoms with Crippen molar-refractivity contribution in [2.45, 2.75) is 65.5 Å². The zero-order valence-electron chi connectivity index (χ0n) is 13.3. The highest BCUT2D eigenvalue weighted by Crippen LogP contribution is 2.34. The first-order valence-corrected chi connectivity index (χ1v) is 7.51. The molecule has 0 bridgehead atoms. The molecule has 0 aromatic heterocycles. The van der Waals surface area contributed by atoms with Crippen LogP contribution in [0.2, 0.25) is 0 Å². The average Bonchev–Trinajstić information content (AvgIpc) is 2.31. The molecule has 3 N–H and O–H groups in total. The highest BCUT2D eigenvalue weighted by molar-refractivity contribution is 5.84. The second kappa shape index (κ2) is 6.23. The number of rotatable bonds is 6. The Bertz CT molecular complexity index is 309. The molecule has 0 aromatic rings. The van der Waals surface area contributed by atoms with Crippen LogP contribution in [0.3, 0.4) is 0 Å². The molecule has 0 aliphatic carbocycles. The van der Waals surface area contributed by atoms with Gasteiger partial charge in [0.05, 0.1) is 0 Å². The number of likely N-dealkylation sites (tertiary alicyclic amines) is 1. The van der Waals surface area contributed by atoms with Crippen LogP contribution in [-0.4, -0.2) is 42.0 Å². The summed E-state index contributed by atoms with van der Waals surface area (Å²) >= 11 is 0. The Morgan fingerprint density at radius 2 is 1.95 bits per heavy atom. The van der Waals surface area contributed by atoms with E-state index in [1.807, 2.05) is 20.8 Å². The molecule has 1 heterocycles. The minimum Gasteiger partial charge on any atom is -0.368 e. The predicted octanol–water partition coefficient (Wildman–Crippen LogP) is 1.74. The zero-order chi connectivity index (χ0) is 14.7. The topological polar surface area (TPSA) is 58.4 Å². The number of nitrogens with zero attached hydrogens (tertiary/aromatic N) is 1. The van der Waals surface area contributed by atoms with Gasteiger partial charge in [-0.2, -0.15) is 0 Å². The van der Waals surface area contributed by atoms with Crippen LogP contribution in [0.5, 0.6) is 0 Å². The number of nitrogens with two attached hydrogens (primary N) is 1. The second-order valence-corrected chi connectivity index (χ2v) is 6.94. The lowest BCUT2D eigenvalue weighted by atomic mass is 9.78. The van der Waals surface area contributed by atoms with Crippen LogP contribution >= 0.6 is 0 Å². The molecule has 1 saturated heterocycles. The van der Waals surface area contributed by atoms with Gasteiger partial charge in [0.1, 0.15) is 5.54 Å². The highest BCUT2D eigenvalue weighted by atomic mass is 16.1. The van der Waals surface area contributed by atoms with Crippen molar-refractivity contribution < 1.29 is 4.79 Å². The number of hydrogen-bond donors (Lipinski definition) is 2. The summed E-state index contributed by atoms with van der Waals surface area (Å²) in [4.78, 5) is 14.1. The fraction of sp³-hybridized carbons (Fsp3) is 0.933. The number of carbonyl (C=O) groups is 1. The molecule has 0 spiro atoms. The van der Waals surface area contributed by atoms with E-state index in [2.05, 4.69) is 24.1 Å². The third-order valence-corrected chi connectivity index (χ3v) is 4.61. The number of primary amides is 1. The van der Waals surface area contributed by atoms with Crippen LogP contribution in [-0.2, 0) is 4.79 Å². The van der Waals surface area contributed by atoms with E-state index in [1.54, 1.807) is 0 Å². The van der Waals surface area contributed by atoms with Crippen LogP contribution < -0.4 is 11.1 Å². The first kappa shape index (κ1) is 16.4. The van der Waals surface area contributed by atoms with E-state index >= 15 is 0 Å². The molecule has 0 saturated carbocycles. The van der Waals surface area contributed by atoms with Crippen molar-refractivity contribution in [1.82, 2.24) is 10.2 Å². The molecule has 4 heteroatoms. The Balaban J connectivity index is 2.60. The molecule has 1 fully saturated rings. The van der Waals surface area contributed by atoms with Gasteiger partial charge < -0.3 is 16.0 Å². The van der Waals surface area contributed by atoms with Gasteiger partial charge in [-0.05, 0) is 52.1 Å². The molecule has 0 aromatic carbocycles. The van der Waals surface area contributed by atoms with Gasteiger partial charge in [0, 0.05) is 12.6 Å². The smallest absolute Gasteiger partial charge is 0.238 e. The largest absolute Gasteiger partial charge is 0.368 e. The third kappa shape index (κ3) is 4.46. The van der Waals surface area contributed by atoms with Crippen LogP contribution in [0, 0.1) is 5.41 Å². The van der Waals surface area contributed by atoms with Crippen molar-refractivity contribution >= 4 is 5.91 Å². The van der Waals surface area contributed by atoms with E-state index in [0.29, 0.717) is 12.0 Å². The van der Waals surface area contributed by atoms with Crippen LogP contribution in [0.25, 0.3) is 0 Å². The number of piperidine rings is 1. The summed E-state index contributed by atoms with van der Waals surface area (Å²) in [5.41, 5.74) is 5.43. The van der Waals surface area contributed by atoms with Gasteiger partial charge in [-0.15, -0.1) is 0 Å². The van der Waals surface area contributed by atoms with E-state index in [4.69, 9.17) is 5.73 Å². The molecule has 1 rings (SSSR count). The molecule has 1 aliphatic rings. The Labute approximate surface area is 118 Å². The average molecular weight is 269 g/mol. The van der Waals surface area contributed by atoms with E-state index in [1.165, 1.54) is 19.3 Å². The van der Waals surface area contributed by atoms with Gasteiger partial charge in [0.15, 0.2) is 0 Å². The van der Waals surface area contributed by atoms with Gasteiger partial charge in [0.25, 0.3) is 0 Å². The first-order valence-electron chi connectivity index (χ1n) is 7.51. The number of hydrogen-bond acceptors (Lipinski definition) is 3. The number of amides is 1. The molecule has 1 unspecified atom stereocenters. The Morgan fingerprint density at radius 3 is 2.32 bits per heavy atom. The molecule has 4 nitrogen and oxygen atoms in total. The maximum Gasteiger partial charge on any atom is 0.238 e. The van der Waals surface area contributed by atoms with Gasteiger partial charge >= 0.3 is 0 Å². The lowest BCUT2D eigenvalue weighted by Crippen LogP contribution is -2.62. The quantitative estimate of drug-likeness (QED) is 0.772. The van der Waals surface area contributed by atoms with E-state index in [0.717, 1.165) is 13.1 Å². The van der Waals surface area contributed by atoms with Crippen molar-refractivity contribution in [3.8, 4) is 0 Å². The molecule has 19 heavy (non-hydrogen) atoms. The van der Waals surface area contributed by atoms with Crippen molar-refractivity contribution in [3.63, 3.8) is 0 Å². The predicted molar refractivity (Wildman–Crippen MR) is 79.9 cm³/mol. The molecule has 1 amide bonds. The van der Waals surface area contributed by atoms with Gasteiger partial charge in [-0.3, -0.25) is 4.79 Å². The fourth-order valence-electron chi connectivity index (χ4n) is 2.88.